The topological polar surface area (TPSA) is 35.5 Å². The molecule has 0 aromatic heterocycles. The number of methoxy groups -OCH3 is 1. The van der Waals surface area contributed by atoms with E-state index in [0.717, 1.165) is 5.56 Å². The van der Waals surface area contributed by atoms with Crippen molar-refractivity contribution in [2.45, 2.75) is 6.61 Å². The van der Waals surface area contributed by atoms with E-state index in [4.69, 9.17) is 4.74 Å². The first-order valence-electron chi connectivity index (χ1n) is 6.41. The summed E-state index contributed by atoms with van der Waals surface area (Å²) in [5, 5.41) is 0. The summed E-state index contributed by atoms with van der Waals surface area (Å²) in [6.07, 6.45) is 2.53. The molecule has 0 saturated heterocycles. The summed E-state index contributed by atoms with van der Waals surface area (Å²) < 4.78 is 23.8. The third-order valence-electron chi connectivity index (χ3n) is 2.82. The molecule has 0 aliphatic heterocycles. The highest BCUT2D eigenvalue weighted by Gasteiger charge is 2.03. The highest BCUT2D eigenvalue weighted by atomic mass is 19.1. The van der Waals surface area contributed by atoms with Crippen LogP contribution in [-0.4, -0.2) is 13.1 Å². The number of ether oxygens (including phenoxy) is 2. The van der Waals surface area contributed by atoms with E-state index in [9.17, 15) is 9.18 Å². The van der Waals surface area contributed by atoms with E-state index in [-0.39, 0.29) is 0 Å². The van der Waals surface area contributed by atoms with Crippen LogP contribution in [0.4, 0.5) is 4.39 Å². The number of hydrogen-bond donors (Lipinski definition) is 0. The average molecular weight is 286 g/mol. The van der Waals surface area contributed by atoms with E-state index in [1.807, 2.05) is 30.3 Å². The van der Waals surface area contributed by atoms with Crippen molar-refractivity contribution in [3.63, 3.8) is 0 Å². The van der Waals surface area contributed by atoms with Crippen molar-refractivity contribution in [1.82, 2.24) is 0 Å². The van der Waals surface area contributed by atoms with Gasteiger partial charge in [-0.25, -0.2) is 9.18 Å². The van der Waals surface area contributed by atoms with Gasteiger partial charge in [0, 0.05) is 17.7 Å². The molecule has 4 heteroatoms. The number of benzene rings is 2. The first-order chi connectivity index (χ1) is 10.2. The molecule has 2 aromatic rings. The zero-order valence-electron chi connectivity index (χ0n) is 11.6. The van der Waals surface area contributed by atoms with Gasteiger partial charge in [-0.2, -0.15) is 0 Å². The van der Waals surface area contributed by atoms with Gasteiger partial charge in [0.1, 0.15) is 18.2 Å². The molecule has 2 rings (SSSR count). The maximum absolute atomic E-state index is 13.8. The number of halogens is 1. The molecule has 0 aliphatic rings. The largest absolute Gasteiger partial charge is 0.489 e. The average Bonchev–Trinajstić information content (AvgIpc) is 2.52. The molecular formula is C17H15FO3. The molecule has 0 N–H and O–H groups in total. The summed E-state index contributed by atoms with van der Waals surface area (Å²) in [5.74, 6) is -0.550. The lowest BCUT2D eigenvalue weighted by Crippen LogP contribution is -1.96. The van der Waals surface area contributed by atoms with Gasteiger partial charge in [0.25, 0.3) is 0 Å². The van der Waals surface area contributed by atoms with Crippen molar-refractivity contribution in [3.05, 3.63) is 71.6 Å². The molecule has 0 radical (unpaired) electrons. The molecule has 0 spiro atoms. The van der Waals surface area contributed by atoms with Crippen molar-refractivity contribution in [1.29, 1.82) is 0 Å². The first kappa shape index (κ1) is 14.8. The molecule has 108 valence electrons. The summed E-state index contributed by atoms with van der Waals surface area (Å²) >= 11 is 0. The Balaban J connectivity index is 2.02. The monoisotopic (exact) mass is 286 g/mol. The van der Waals surface area contributed by atoms with E-state index < -0.39 is 11.8 Å². The van der Waals surface area contributed by atoms with Gasteiger partial charge in [0.05, 0.1) is 7.11 Å². The summed E-state index contributed by atoms with van der Waals surface area (Å²) in [7, 11) is 1.27. The second-order valence-electron chi connectivity index (χ2n) is 4.31. The normalized spacial score (nSPS) is 10.6. The Morgan fingerprint density at radius 2 is 1.95 bits per heavy atom. The van der Waals surface area contributed by atoms with Crippen LogP contribution in [-0.2, 0) is 16.1 Å². The minimum Gasteiger partial charge on any atom is -0.489 e. The van der Waals surface area contributed by atoms with Gasteiger partial charge in [-0.3, -0.25) is 0 Å². The fraction of sp³-hybridized carbons (Fsp3) is 0.118. The SMILES string of the molecule is COC(=O)/C=C\c1ccc(OCc2ccccc2)cc1F. The number of carbonyl (C=O) groups excluding carboxylic acids is 1. The van der Waals surface area contributed by atoms with Crippen LogP contribution in [0, 0.1) is 5.82 Å². The molecule has 0 unspecified atom stereocenters. The fourth-order valence-corrected chi connectivity index (χ4v) is 1.70. The molecule has 0 amide bonds. The number of hydrogen-bond acceptors (Lipinski definition) is 3. The van der Waals surface area contributed by atoms with Crippen LogP contribution in [0.5, 0.6) is 5.75 Å². The van der Waals surface area contributed by atoms with E-state index in [2.05, 4.69) is 4.74 Å². The third-order valence-corrected chi connectivity index (χ3v) is 2.82. The van der Waals surface area contributed by atoms with Crippen LogP contribution in [0.25, 0.3) is 6.08 Å². The first-order valence-corrected chi connectivity index (χ1v) is 6.41. The van der Waals surface area contributed by atoms with Crippen molar-refractivity contribution >= 4 is 12.0 Å². The maximum Gasteiger partial charge on any atom is 0.330 e. The number of rotatable bonds is 5. The molecule has 21 heavy (non-hydrogen) atoms. The van der Waals surface area contributed by atoms with Gasteiger partial charge < -0.3 is 9.47 Å². The predicted molar refractivity (Wildman–Crippen MR) is 78.2 cm³/mol. The molecule has 2 aromatic carbocycles. The van der Waals surface area contributed by atoms with Crippen molar-refractivity contribution in [3.8, 4) is 5.75 Å². The summed E-state index contributed by atoms with van der Waals surface area (Å²) in [5.41, 5.74) is 1.31. The highest BCUT2D eigenvalue weighted by molar-refractivity contribution is 5.86. The molecular weight excluding hydrogens is 271 g/mol. The molecule has 3 nitrogen and oxygen atoms in total. The lowest BCUT2D eigenvalue weighted by molar-refractivity contribution is -0.134. The Kier molecular flexibility index (Phi) is 5.10. The lowest BCUT2D eigenvalue weighted by atomic mass is 10.2. The Morgan fingerprint density at radius 3 is 2.62 bits per heavy atom. The lowest BCUT2D eigenvalue weighted by Gasteiger charge is -2.07. The molecule has 0 aliphatic carbocycles. The van der Waals surface area contributed by atoms with Crippen LogP contribution >= 0.6 is 0 Å². The van der Waals surface area contributed by atoms with Gasteiger partial charge in [-0.15, -0.1) is 0 Å². The molecule has 0 heterocycles. The second-order valence-corrected chi connectivity index (χ2v) is 4.31. The fourth-order valence-electron chi connectivity index (χ4n) is 1.70. The van der Waals surface area contributed by atoms with E-state index >= 15 is 0 Å². The Hall–Kier alpha value is -2.62. The standard InChI is InChI=1S/C17H15FO3/c1-20-17(19)10-8-14-7-9-15(11-16(14)18)21-12-13-5-3-2-4-6-13/h2-11H,12H2,1H3/b10-8-. The van der Waals surface area contributed by atoms with Crippen LogP contribution in [0.1, 0.15) is 11.1 Å². The second kappa shape index (κ2) is 7.24. The van der Waals surface area contributed by atoms with Crippen molar-refractivity contribution in [2.75, 3.05) is 7.11 Å². The molecule has 0 saturated carbocycles. The zero-order valence-corrected chi connectivity index (χ0v) is 11.6. The van der Waals surface area contributed by atoms with Crippen molar-refractivity contribution in [2.24, 2.45) is 0 Å². The van der Waals surface area contributed by atoms with Gasteiger partial charge in [-0.05, 0) is 23.8 Å². The number of esters is 1. The number of carbonyl (C=O) groups is 1. The van der Waals surface area contributed by atoms with Crippen LogP contribution in [0.2, 0.25) is 0 Å². The molecule has 0 fully saturated rings. The Bertz CT molecular complexity index is 636. The minimum atomic E-state index is -0.529. The van der Waals surface area contributed by atoms with Gasteiger partial charge in [-0.1, -0.05) is 30.3 Å². The van der Waals surface area contributed by atoms with E-state index in [1.165, 1.54) is 25.3 Å². The van der Waals surface area contributed by atoms with Crippen molar-refractivity contribution < 1.29 is 18.7 Å². The van der Waals surface area contributed by atoms with E-state index in [0.29, 0.717) is 17.9 Å². The smallest absolute Gasteiger partial charge is 0.330 e. The maximum atomic E-state index is 13.8. The molecule has 0 atom stereocenters. The minimum absolute atomic E-state index is 0.299. The third kappa shape index (κ3) is 4.45. The van der Waals surface area contributed by atoms with Gasteiger partial charge in [0.15, 0.2) is 0 Å². The Morgan fingerprint density at radius 1 is 1.19 bits per heavy atom. The van der Waals surface area contributed by atoms with Crippen LogP contribution in [0.15, 0.2) is 54.6 Å². The van der Waals surface area contributed by atoms with Gasteiger partial charge in [0.2, 0.25) is 0 Å². The predicted octanol–water partition coefficient (Wildman–Crippen LogP) is 3.59. The molecule has 0 bridgehead atoms. The van der Waals surface area contributed by atoms with Crippen LogP contribution < -0.4 is 4.74 Å². The highest BCUT2D eigenvalue weighted by Crippen LogP contribution is 2.19. The quantitative estimate of drug-likeness (QED) is 0.622. The van der Waals surface area contributed by atoms with Gasteiger partial charge >= 0.3 is 5.97 Å². The van der Waals surface area contributed by atoms with Crippen LogP contribution in [0.3, 0.4) is 0 Å². The zero-order chi connectivity index (χ0) is 15.1. The summed E-state index contributed by atoms with van der Waals surface area (Å²) in [4.78, 5) is 11.0. The van der Waals surface area contributed by atoms with E-state index in [1.54, 1.807) is 12.1 Å². The summed E-state index contributed by atoms with van der Waals surface area (Å²) in [6.45, 7) is 0.373. The Labute approximate surface area is 122 Å². The summed E-state index contributed by atoms with van der Waals surface area (Å²) in [6, 6.07) is 14.1.